The number of allylic oxidation sites excluding steroid dienone is 2. The van der Waals surface area contributed by atoms with Gasteiger partial charge in [-0.2, -0.15) is 0 Å². The Morgan fingerprint density at radius 2 is 1.65 bits per heavy atom. The second-order valence-electron chi connectivity index (χ2n) is 7.50. The SMILES string of the molecule is Cc1ccc(C)n1-c1ccc(C2C=CN(C(=O)OC(C)(C)C)C=C2)cn1. The lowest BCUT2D eigenvalue weighted by molar-refractivity contribution is 0.0397. The molecule has 0 N–H and O–H groups in total. The predicted octanol–water partition coefficient (Wildman–Crippen LogP) is 4.85. The average Bonchev–Trinajstić information content (AvgIpc) is 2.92. The van der Waals surface area contributed by atoms with Gasteiger partial charge in [-0.15, -0.1) is 0 Å². The third kappa shape index (κ3) is 3.87. The minimum absolute atomic E-state index is 0.0853. The van der Waals surface area contributed by atoms with Gasteiger partial charge in [-0.3, -0.25) is 4.90 Å². The van der Waals surface area contributed by atoms with Crippen molar-refractivity contribution in [1.82, 2.24) is 14.5 Å². The van der Waals surface area contributed by atoms with Crippen LogP contribution in [0.4, 0.5) is 4.79 Å². The highest BCUT2D eigenvalue weighted by Crippen LogP contribution is 2.24. The smallest absolute Gasteiger partial charge is 0.418 e. The predicted molar refractivity (Wildman–Crippen MR) is 102 cm³/mol. The molecule has 26 heavy (non-hydrogen) atoms. The molecule has 5 nitrogen and oxygen atoms in total. The second-order valence-corrected chi connectivity index (χ2v) is 7.50. The lowest BCUT2D eigenvalue weighted by atomic mass is 9.99. The van der Waals surface area contributed by atoms with Crippen molar-refractivity contribution in [3.05, 3.63) is 72.0 Å². The quantitative estimate of drug-likeness (QED) is 0.777. The Morgan fingerprint density at radius 1 is 1.04 bits per heavy atom. The van der Waals surface area contributed by atoms with E-state index in [9.17, 15) is 4.79 Å². The maximum Gasteiger partial charge on any atom is 0.418 e. The van der Waals surface area contributed by atoms with E-state index < -0.39 is 5.60 Å². The van der Waals surface area contributed by atoms with Crippen LogP contribution >= 0.6 is 0 Å². The van der Waals surface area contributed by atoms with Gasteiger partial charge in [0, 0.05) is 35.9 Å². The van der Waals surface area contributed by atoms with Crippen LogP contribution in [-0.2, 0) is 4.74 Å². The van der Waals surface area contributed by atoms with Gasteiger partial charge in [0.2, 0.25) is 0 Å². The van der Waals surface area contributed by atoms with E-state index in [1.54, 1.807) is 12.4 Å². The van der Waals surface area contributed by atoms with Crippen molar-refractivity contribution < 1.29 is 9.53 Å². The van der Waals surface area contributed by atoms with E-state index in [-0.39, 0.29) is 12.0 Å². The zero-order valence-electron chi connectivity index (χ0n) is 15.9. The second kappa shape index (κ2) is 6.83. The molecule has 0 aromatic carbocycles. The molecule has 0 saturated carbocycles. The zero-order valence-corrected chi connectivity index (χ0v) is 15.9. The molecule has 5 heteroatoms. The van der Waals surface area contributed by atoms with E-state index >= 15 is 0 Å². The van der Waals surface area contributed by atoms with E-state index in [4.69, 9.17) is 4.74 Å². The van der Waals surface area contributed by atoms with Crippen LogP contribution in [0.15, 0.2) is 55.0 Å². The summed E-state index contributed by atoms with van der Waals surface area (Å²) in [5.41, 5.74) is 2.89. The highest BCUT2D eigenvalue weighted by Gasteiger charge is 2.21. The minimum atomic E-state index is -0.510. The average molecular weight is 351 g/mol. The molecule has 0 aliphatic carbocycles. The summed E-state index contributed by atoms with van der Waals surface area (Å²) in [6.07, 6.45) is 8.92. The molecule has 2 aromatic rings. The van der Waals surface area contributed by atoms with E-state index in [1.165, 1.54) is 4.90 Å². The highest BCUT2D eigenvalue weighted by molar-refractivity contribution is 5.71. The highest BCUT2D eigenvalue weighted by atomic mass is 16.6. The Hall–Kier alpha value is -2.82. The van der Waals surface area contributed by atoms with Crippen LogP contribution in [0.1, 0.15) is 43.6 Å². The van der Waals surface area contributed by atoms with Crippen LogP contribution in [0.2, 0.25) is 0 Å². The maximum atomic E-state index is 12.1. The number of hydrogen-bond donors (Lipinski definition) is 0. The van der Waals surface area contributed by atoms with Crippen molar-refractivity contribution >= 4 is 6.09 Å². The summed E-state index contributed by atoms with van der Waals surface area (Å²) in [5.74, 6) is 0.995. The fraction of sp³-hybridized carbons (Fsp3) is 0.333. The number of amides is 1. The summed E-state index contributed by atoms with van der Waals surface area (Å²) >= 11 is 0. The van der Waals surface area contributed by atoms with Crippen LogP contribution in [0.3, 0.4) is 0 Å². The van der Waals surface area contributed by atoms with Gasteiger partial charge < -0.3 is 9.30 Å². The fourth-order valence-electron chi connectivity index (χ4n) is 2.90. The first-order valence-electron chi connectivity index (χ1n) is 8.74. The molecule has 0 saturated heterocycles. The number of rotatable bonds is 2. The van der Waals surface area contributed by atoms with Crippen LogP contribution in [0, 0.1) is 13.8 Å². The van der Waals surface area contributed by atoms with Gasteiger partial charge in [0.1, 0.15) is 11.4 Å². The Labute approximate surface area is 154 Å². The van der Waals surface area contributed by atoms with Crippen molar-refractivity contribution in [3.8, 4) is 5.82 Å². The van der Waals surface area contributed by atoms with Gasteiger partial charge >= 0.3 is 6.09 Å². The minimum Gasteiger partial charge on any atom is -0.443 e. The monoisotopic (exact) mass is 351 g/mol. The molecular formula is C21H25N3O2. The number of aryl methyl sites for hydroxylation is 2. The lowest BCUT2D eigenvalue weighted by Gasteiger charge is -2.25. The van der Waals surface area contributed by atoms with E-state index in [2.05, 4.69) is 41.6 Å². The molecule has 0 unspecified atom stereocenters. The molecule has 1 aliphatic heterocycles. The number of hydrogen-bond acceptors (Lipinski definition) is 3. The molecule has 0 bridgehead atoms. The first-order valence-corrected chi connectivity index (χ1v) is 8.74. The summed E-state index contributed by atoms with van der Waals surface area (Å²) in [6.45, 7) is 9.70. The molecular weight excluding hydrogens is 326 g/mol. The number of pyridine rings is 1. The molecule has 0 atom stereocenters. The number of carbonyl (C=O) groups is 1. The van der Waals surface area contributed by atoms with Gasteiger partial charge in [-0.1, -0.05) is 18.2 Å². The van der Waals surface area contributed by atoms with Crippen molar-refractivity contribution in [2.45, 2.75) is 46.1 Å². The lowest BCUT2D eigenvalue weighted by Crippen LogP contribution is -2.31. The van der Waals surface area contributed by atoms with Crippen LogP contribution in [0.25, 0.3) is 5.82 Å². The Bertz CT molecular complexity index is 821. The van der Waals surface area contributed by atoms with E-state index in [0.29, 0.717) is 0 Å². The molecule has 0 spiro atoms. The van der Waals surface area contributed by atoms with E-state index in [0.717, 1.165) is 22.8 Å². The molecule has 136 valence electrons. The van der Waals surface area contributed by atoms with E-state index in [1.807, 2.05) is 45.2 Å². The summed E-state index contributed by atoms with van der Waals surface area (Å²) in [4.78, 5) is 18.1. The normalized spacial score (nSPS) is 14.7. The first-order chi connectivity index (χ1) is 12.2. The Morgan fingerprint density at radius 3 is 2.15 bits per heavy atom. The first kappa shape index (κ1) is 18.0. The number of nitrogens with zero attached hydrogens (tertiary/aromatic N) is 3. The fourth-order valence-corrected chi connectivity index (χ4v) is 2.90. The van der Waals surface area contributed by atoms with Crippen molar-refractivity contribution in [2.75, 3.05) is 0 Å². The maximum absolute atomic E-state index is 12.1. The molecule has 0 fully saturated rings. The number of ether oxygens (including phenoxy) is 1. The standard InChI is InChI=1S/C21H25N3O2/c1-15-6-7-16(2)24(15)19-9-8-18(14-22-19)17-10-12-23(13-11-17)20(25)26-21(3,4)5/h6-14,17H,1-5H3. The topological polar surface area (TPSA) is 47.4 Å². The van der Waals surface area contributed by atoms with Crippen LogP contribution < -0.4 is 0 Å². The number of carbonyl (C=O) groups excluding carboxylic acids is 1. The van der Waals surface area contributed by atoms with Crippen molar-refractivity contribution in [2.24, 2.45) is 0 Å². The van der Waals surface area contributed by atoms with Gasteiger partial charge in [0.05, 0.1) is 0 Å². The molecule has 3 rings (SSSR count). The third-order valence-electron chi connectivity index (χ3n) is 4.17. The molecule has 0 radical (unpaired) electrons. The Balaban J connectivity index is 1.71. The van der Waals surface area contributed by atoms with Crippen molar-refractivity contribution in [3.63, 3.8) is 0 Å². The summed E-state index contributed by atoms with van der Waals surface area (Å²) in [5, 5.41) is 0. The summed E-state index contributed by atoms with van der Waals surface area (Å²) in [6, 6.07) is 8.27. The van der Waals surface area contributed by atoms with Crippen LogP contribution in [0.5, 0.6) is 0 Å². The van der Waals surface area contributed by atoms with Gasteiger partial charge in [-0.05, 0) is 58.4 Å². The molecule has 1 aliphatic rings. The zero-order chi connectivity index (χ0) is 18.9. The Kier molecular flexibility index (Phi) is 4.72. The summed E-state index contributed by atoms with van der Waals surface area (Å²) in [7, 11) is 0. The van der Waals surface area contributed by atoms with Crippen LogP contribution in [-0.4, -0.2) is 26.1 Å². The van der Waals surface area contributed by atoms with Gasteiger partial charge in [0.15, 0.2) is 0 Å². The number of aromatic nitrogens is 2. The molecule has 3 heterocycles. The third-order valence-corrected chi connectivity index (χ3v) is 4.17. The molecule has 1 amide bonds. The van der Waals surface area contributed by atoms with Gasteiger partial charge in [-0.25, -0.2) is 9.78 Å². The van der Waals surface area contributed by atoms with Gasteiger partial charge in [0.25, 0.3) is 0 Å². The summed E-state index contributed by atoms with van der Waals surface area (Å²) < 4.78 is 7.49. The molecule has 2 aromatic heterocycles. The van der Waals surface area contributed by atoms with Crippen molar-refractivity contribution in [1.29, 1.82) is 0 Å². The largest absolute Gasteiger partial charge is 0.443 e.